The molecule has 0 aliphatic carbocycles. The first-order valence-electron chi connectivity index (χ1n) is 14.5. The number of aliphatic hydroxyl groups excluding tert-OH is 2. The maximum absolute atomic E-state index is 15.0. The lowest BCUT2D eigenvalue weighted by atomic mass is 9.99. The number of unbranched alkanes of at least 4 members (excludes halogenated alkanes) is 14. The van der Waals surface area contributed by atoms with Crippen LogP contribution in [0.3, 0.4) is 0 Å². The van der Waals surface area contributed by atoms with Gasteiger partial charge in [-0.3, -0.25) is 9.78 Å². The average molecular weight is 562 g/mol. The number of nitrogens with zero attached hydrogens (tertiary/aromatic N) is 2. The van der Waals surface area contributed by atoms with Gasteiger partial charge in [0.2, 0.25) is 5.72 Å². The molecule has 0 aromatic carbocycles. The topological polar surface area (TPSA) is 168 Å². The van der Waals surface area contributed by atoms with Gasteiger partial charge in [0.25, 0.3) is 5.56 Å². The van der Waals surface area contributed by atoms with Crippen LogP contribution >= 0.6 is 0 Å². The van der Waals surface area contributed by atoms with Crippen molar-refractivity contribution in [2.45, 2.75) is 140 Å². The van der Waals surface area contributed by atoms with Crippen LogP contribution in [0.4, 0.5) is 4.39 Å². The van der Waals surface area contributed by atoms with E-state index in [1.165, 1.54) is 64.2 Å². The molecule has 39 heavy (non-hydrogen) atoms. The molecule has 6 N–H and O–H groups in total. The van der Waals surface area contributed by atoms with Crippen LogP contribution in [0.5, 0.6) is 0 Å². The van der Waals surface area contributed by atoms with Crippen LogP contribution in [-0.2, 0) is 10.6 Å². The zero-order valence-corrected chi connectivity index (χ0v) is 23.1. The molecule has 226 valence electrons. The van der Waals surface area contributed by atoms with Gasteiger partial charge in [-0.05, 0) is 12.8 Å². The molecule has 0 amide bonds. The highest BCUT2D eigenvalue weighted by Gasteiger charge is 2.71. The van der Waals surface area contributed by atoms with Gasteiger partial charge in [0.1, 0.15) is 12.2 Å². The molecule has 2 rings (SSSR count). The molecule has 1 fully saturated rings. The summed E-state index contributed by atoms with van der Waals surface area (Å²) in [6.45, 7) is 1.30. The van der Waals surface area contributed by atoms with Crippen molar-refractivity contribution in [1.29, 1.82) is 0 Å². The maximum atomic E-state index is 15.0. The summed E-state index contributed by atoms with van der Waals surface area (Å²) in [4.78, 5) is 25.5. The highest BCUT2D eigenvalue weighted by atomic mass is 19.1. The first kappa shape index (κ1) is 33.5. The lowest BCUT2D eigenvalue weighted by molar-refractivity contribution is -0.428. The van der Waals surface area contributed by atoms with Crippen molar-refractivity contribution in [2.75, 3.05) is 6.61 Å². The lowest BCUT2D eigenvalue weighted by Gasteiger charge is -2.43. The Morgan fingerprint density at radius 2 is 1.46 bits per heavy atom. The zero-order valence-electron chi connectivity index (χ0n) is 23.1. The Balaban J connectivity index is 1.76. The molecule has 0 bridgehead atoms. The van der Waals surface area contributed by atoms with Gasteiger partial charge in [-0.25, -0.2) is 13.8 Å². The number of aromatic amines is 1. The van der Waals surface area contributed by atoms with Gasteiger partial charge in [-0.2, -0.15) is 0 Å². The molecule has 1 aromatic heterocycles. The van der Waals surface area contributed by atoms with E-state index in [0.717, 1.165) is 31.5 Å². The van der Waals surface area contributed by atoms with Crippen LogP contribution in [0.2, 0.25) is 0 Å². The van der Waals surface area contributed by atoms with E-state index in [9.17, 15) is 35.2 Å². The zero-order chi connectivity index (χ0) is 28.9. The van der Waals surface area contributed by atoms with E-state index in [1.54, 1.807) is 0 Å². The molecule has 0 radical (unpaired) electrons. The Hall–Kier alpha value is -1.67. The number of nitrogens with one attached hydrogen (secondary N) is 1. The number of hydrogen-bond donors (Lipinski definition) is 6. The summed E-state index contributed by atoms with van der Waals surface area (Å²) in [5, 5.41) is 52.5. The van der Waals surface area contributed by atoms with E-state index >= 15 is 4.39 Å². The van der Waals surface area contributed by atoms with Crippen molar-refractivity contribution in [3.8, 4) is 0 Å². The lowest BCUT2D eigenvalue weighted by Crippen LogP contribution is -2.69. The molecule has 1 unspecified atom stereocenters. The number of halogens is 1. The van der Waals surface area contributed by atoms with Crippen molar-refractivity contribution in [1.82, 2.24) is 14.6 Å². The molecule has 11 nitrogen and oxygen atoms in total. The molecule has 12 heteroatoms. The summed E-state index contributed by atoms with van der Waals surface area (Å²) >= 11 is 0. The molecule has 1 saturated heterocycles. The van der Waals surface area contributed by atoms with Gasteiger partial charge in [-0.1, -0.05) is 96.8 Å². The van der Waals surface area contributed by atoms with Crippen LogP contribution in [0.1, 0.15) is 110 Å². The predicted octanol–water partition coefficient (Wildman–Crippen LogP) is 2.83. The third-order valence-corrected chi connectivity index (χ3v) is 7.55. The Bertz CT molecular complexity index is 946. The quantitative estimate of drug-likeness (QED) is 0.0607. The van der Waals surface area contributed by atoms with Gasteiger partial charge in [-0.15, -0.1) is 5.06 Å². The second kappa shape index (κ2) is 16.6. The molecular formula is C27H48FN3O8. The Kier molecular flexibility index (Phi) is 14.2. The summed E-state index contributed by atoms with van der Waals surface area (Å²) < 4.78 is 20.4. The summed E-state index contributed by atoms with van der Waals surface area (Å²) in [6.07, 6.45) is 11.3. The van der Waals surface area contributed by atoms with E-state index in [2.05, 4.69) is 6.92 Å². The van der Waals surface area contributed by atoms with E-state index in [0.29, 0.717) is 17.4 Å². The largest absolute Gasteiger partial charge is 0.394 e. The molecule has 1 aromatic rings. The SMILES string of the molecule is CCCCCCCCCCCCCCCCCC(F)N(O)[C@@]1(O)[C@H](O)[C@@H](CO)O[C@]1(O)n1ccc(=O)[nH]c1=O. The Morgan fingerprint density at radius 3 is 1.92 bits per heavy atom. The number of alkyl halides is 1. The molecule has 0 saturated carbocycles. The van der Waals surface area contributed by atoms with Crippen molar-refractivity contribution >= 4 is 0 Å². The minimum absolute atomic E-state index is 0.232. The monoisotopic (exact) mass is 561 g/mol. The van der Waals surface area contributed by atoms with Crippen LogP contribution in [0.15, 0.2) is 21.9 Å². The Labute approximate surface area is 229 Å². The summed E-state index contributed by atoms with van der Waals surface area (Å²) in [5.74, 6) is -3.23. The fraction of sp³-hybridized carbons (Fsp3) is 0.852. The third kappa shape index (κ3) is 8.66. The number of hydroxylamine groups is 2. The molecule has 2 heterocycles. The number of aromatic nitrogens is 2. The van der Waals surface area contributed by atoms with Crippen molar-refractivity contribution in [3.05, 3.63) is 33.1 Å². The number of ether oxygens (including phenoxy) is 1. The average Bonchev–Trinajstić information content (AvgIpc) is 3.11. The van der Waals surface area contributed by atoms with Crippen molar-refractivity contribution in [3.63, 3.8) is 0 Å². The highest BCUT2D eigenvalue weighted by molar-refractivity contribution is 5.05. The molecular weight excluding hydrogens is 513 g/mol. The van der Waals surface area contributed by atoms with Gasteiger partial charge in [0, 0.05) is 12.3 Å². The van der Waals surface area contributed by atoms with E-state index in [-0.39, 0.29) is 11.5 Å². The fourth-order valence-electron chi connectivity index (χ4n) is 5.15. The summed E-state index contributed by atoms with van der Waals surface area (Å²) in [5.41, 5.74) is -5.35. The van der Waals surface area contributed by atoms with Gasteiger partial charge < -0.3 is 30.4 Å². The molecule has 0 spiro atoms. The normalized spacial score (nSPS) is 25.9. The summed E-state index contributed by atoms with van der Waals surface area (Å²) in [6, 6.07) is 0.825. The minimum Gasteiger partial charge on any atom is -0.394 e. The van der Waals surface area contributed by atoms with Crippen LogP contribution in [0, 0.1) is 0 Å². The van der Waals surface area contributed by atoms with Crippen LogP contribution in [-0.4, -0.2) is 71.1 Å². The second-order valence-corrected chi connectivity index (χ2v) is 10.6. The predicted molar refractivity (Wildman–Crippen MR) is 142 cm³/mol. The maximum Gasteiger partial charge on any atom is 0.332 e. The van der Waals surface area contributed by atoms with Crippen LogP contribution < -0.4 is 11.2 Å². The first-order chi connectivity index (χ1) is 18.6. The standard InChI is InChI=1S/C27H48FN3O8/c1-2-3-4-5-6-7-8-9-10-11-12-13-14-15-16-17-22(28)31(38)26(36)24(34)21(20-32)39-27(26,37)30-19-18-23(33)29-25(30)35/h18-19,21-22,24,32,34,36-38H,2-17,20H2,1H3,(H,29,33,35)/t21-,22?,24-,26-,27+/m1/s1. The van der Waals surface area contributed by atoms with Crippen molar-refractivity contribution in [2.24, 2.45) is 0 Å². The smallest absolute Gasteiger partial charge is 0.332 e. The van der Waals surface area contributed by atoms with Gasteiger partial charge >= 0.3 is 11.6 Å². The first-order valence-corrected chi connectivity index (χ1v) is 14.5. The number of hydrogen-bond acceptors (Lipinski definition) is 9. The third-order valence-electron chi connectivity index (χ3n) is 7.55. The second-order valence-electron chi connectivity index (χ2n) is 10.6. The van der Waals surface area contributed by atoms with Crippen LogP contribution in [0.25, 0.3) is 0 Å². The summed E-state index contributed by atoms with van der Waals surface area (Å²) in [7, 11) is 0. The minimum atomic E-state index is -3.28. The number of aliphatic hydroxyl groups is 4. The van der Waals surface area contributed by atoms with Gasteiger partial charge in [0.15, 0.2) is 6.30 Å². The highest BCUT2D eigenvalue weighted by Crippen LogP contribution is 2.44. The number of H-pyrrole nitrogens is 1. The number of rotatable bonds is 20. The van der Waals surface area contributed by atoms with Gasteiger partial charge in [0.05, 0.1) is 6.61 Å². The molecule has 1 aliphatic rings. The fourth-order valence-corrected chi connectivity index (χ4v) is 5.15. The van der Waals surface area contributed by atoms with E-state index < -0.39 is 48.0 Å². The van der Waals surface area contributed by atoms with E-state index in [1.807, 2.05) is 4.98 Å². The van der Waals surface area contributed by atoms with Crippen molar-refractivity contribution < 1.29 is 34.8 Å². The van der Waals surface area contributed by atoms with E-state index in [4.69, 9.17) is 4.74 Å². The molecule has 5 atom stereocenters. The Morgan fingerprint density at radius 1 is 0.974 bits per heavy atom. The molecule has 1 aliphatic heterocycles.